The first-order valence-electron chi connectivity index (χ1n) is 6.82. The third-order valence-electron chi connectivity index (χ3n) is 3.45. The number of aromatic nitrogens is 1. The average Bonchev–Trinajstić information content (AvgIpc) is 2.58. The van der Waals surface area contributed by atoms with Gasteiger partial charge in [-0.25, -0.2) is 13.8 Å². The molecule has 0 aliphatic rings. The van der Waals surface area contributed by atoms with Crippen LogP contribution in [0.5, 0.6) is 11.5 Å². The van der Waals surface area contributed by atoms with Crippen LogP contribution in [0.1, 0.15) is 16.8 Å². The number of rotatable bonds is 5. The van der Waals surface area contributed by atoms with Gasteiger partial charge in [0.1, 0.15) is 17.5 Å². The number of nitrogens with one attached hydrogen (secondary N) is 1. The van der Waals surface area contributed by atoms with Crippen molar-refractivity contribution in [1.82, 2.24) is 4.98 Å². The third-order valence-corrected chi connectivity index (χ3v) is 3.98. The van der Waals surface area contributed by atoms with Crippen LogP contribution in [-0.2, 0) is 6.54 Å². The van der Waals surface area contributed by atoms with E-state index in [9.17, 15) is 8.78 Å². The van der Waals surface area contributed by atoms with Crippen molar-refractivity contribution in [2.75, 3.05) is 19.5 Å². The van der Waals surface area contributed by atoms with Gasteiger partial charge in [-0.15, -0.1) is 0 Å². The standard InChI is InChI=1S/C16H14ClF2N3O2/c1-8-10(5-20)21-6-9(13(8)17)7-22-16-14(18)11(23-2)4-12(24-3)15(16)19/h4,6,22H,7H2,1-3H3. The predicted molar refractivity (Wildman–Crippen MR) is 85.5 cm³/mol. The van der Waals surface area contributed by atoms with Crippen molar-refractivity contribution in [3.63, 3.8) is 0 Å². The number of anilines is 1. The van der Waals surface area contributed by atoms with Crippen LogP contribution in [0.4, 0.5) is 14.5 Å². The Bertz CT molecular complexity index is 794. The van der Waals surface area contributed by atoms with Gasteiger partial charge in [-0.3, -0.25) is 0 Å². The molecule has 0 fully saturated rings. The Morgan fingerprint density at radius 3 is 2.33 bits per heavy atom. The van der Waals surface area contributed by atoms with Crippen LogP contribution in [0.3, 0.4) is 0 Å². The lowest BCUT2D eigenvalue weighted by Gasteiger charge is -2.15. The molecular formula is C16H14ClF2N3O2. The van der Waals surface area contributed by atoms with Gasteiger partial charge in [0.15, 0.2) is 23.1 Å². The summed E-state index contributed by atoms with van der Waals surface area (Å²) in [4.78, 5) is 3.96. The van der Waals surface area contributed by atoms with Crippen LogP contribution >= 0.6 is 11.6 Å². The molecule has 2 aromatic rings. The van der Waals surface area contributed by atoms with Crippen molar-refractivity contribution in [3.05, 3.63) is 45.7 Å². The summed E-state index contributed by atoms with van der Waals surface area (Å²) in [7, 11) is 2.54. The number of ether oxygens (including phenoxy) is 2. The van der Waals surface area contributed by atoms with Gasteiger partial charge in [0, 0.05) is 29.9 Å². The number of methoxy groups -OCH3 is 2. The van der Waals surface area contributed by atoms with E-state index in [4.69, 9.17) is 26.3 Å². The minimum atomic E-state index is -0.884. The lowest BCUT2D eigenvalue weighted by atomic mass is 10.1. The van der Waals surface area contributed by atoms with E-state index in [0.717, 1.165) is 6.07 Å². The van der Waals surface area contributed by atoms with Crippen molar-refractivity contribution in [2.24, 2.45) is 0 Å². The van der Waals surface area contributed by atoms with Crippen molar-refractivity contribution in [1.29, 1.82) is 5.26 Å². The van der Waals surface area contributed by atoms with Crippen LogP contribution in [0.15, 0.2) is 12.3 Å². The van der Waals surface area contributed by atoms with Gasteiger partial charge in [-0.2, -0.15) is 5.26 Å². The first-order valence-corrected chi connectivity index (χ1v) is 7.20. The Balaban J connectivity index is 2.37. The minimum absolute atomic E-state index is 0.00252. The molecule has 1 aromatic carbocycles. The highest BCUT2D eigenvalue weighted by atomic mass is 35.5. The Labute approximate surface area is 142 Å². The zero-order valence-corrected chi connectivity index (χ0v) is 14.0. The van der Waals surface area contributed by atoms with E-state index in [0.29, 0.717) is 16.1 Å². The van der Waals surface area contributed by atoms with E-state index in [-0.39, 0.29) is 23.7 Å². The highest BCUT2D eigenvalue weighted by Crippen LogP contribution is 2.35. The van der Waals surface area contributed by atoms with Gasteiger partial charge in [-0.05, 0) is 6.92 Å². The Morgan fingerprint density at radius 1 is 1.25 bits per heavy atom. The number of pyridine rings is 1. The summed E-state index contributed by atoms with van der Waals surface area (Å²) < 4.78 is 38.3. The van der Waals surface area contributed by atoms with Crippen LogP contribution < -0.4 is 14.8 Å². The minimum Gasteiger partial charge on any atom is -0.493 e. The lowest BCUT2D eigenvalue weighted by Crippen LogP contribution is -2.08. The van der Waals surface area contributed by atoms with Crippen molar-refractivity contribution in [2.45, 2.75) is 13.5 Å². The largest absolute Gasteiger partial charge is 0.493 e. The first kappa shape index (κ1) is 17.8. The molecule has 0 unspecified atom stereocenters. The fourth-order valence-electron chi connectivity index (χ4n) is 2.10. The fraction of sp³-hybridized carbons (Fsp3) is 0.250. The molecule has 24 heavy (non-hydrogen) atoms. The maximum Gasteiger partial charge on any atom is 0.191 e. The molecule has 0 spiro atoms. The molecular weight excluding hydrogens is 340 g/mol. The normalized spacial score (nSPS) is 10.2. The third kappa shape index (κ3) is 3.19. The van der Waals surface area contributed by atoms with Crippen LogP contribution in [0.25, 0.3) is 0 Å². The summed E-state index contributed by atoms with van der Waals surface area (Å²) in [5.41, 5.74) is 0.796. The second-order valence-corrected chi connectivity index (χ2v) is 5.20. The molecule has 8 heteroatoms. The van der Waals surface area contributed by atoms with Gasteiger partial charge in [0.2, 0.25) is 0 Å². The molecule has 0 saturated heterocycles. The van der Waals surface area contributed by atoms with Gasteiger partial charge < -0.3 is 14.8 Å². The molecule has 0 aliphatic heterocycles. The SMILES string of the molecule is COc1cc(OC)c(F)c(NCc2cnc(C#N)c(C)c2Cl)c1F. The highest BCUT2D eigenvalue weighted by Gasteiger charge is 2.20. The molecule has 0 amide bonds. The van der Waals surface area contributed by atoms with Crippen LogP contribution in [-0.4, -0.2) is 19.2 Å². The fourth-order valence-corrected chi connectivity index (χ4v) is 2.31. The number of nitriles is 1. The van der Waals surface area contributed by atoms with E-state index in [2.05, 4.69) is 10.3 Å². The Hall–Kier alpha value is -2.59. The Kier molecular flexibility index (Phi) is 5.42. The van der Waals surface area contributed by atoms with E-state index >= 15 is 0 Å². The first-order chi connectivity index (χ1) is 11.4. The van der Waals surface area contributed by atoms with Crippen LogP contribution in [0.2, 0.25) is 5.02 Å². The summed E-state index contributed by atoms with van der Waals surface area (Å²) in [6.45, 7) is 1.65. The monoisotopic (exact) mass is 353 g/mol. The smallest absolute Gasteiger partial charge is 0.191 e. The summed E-state index contributed by atoms with van der Waals surface area (Å²) >= 11 is 6.17. The van der Waals surface area contributed by atoms with Gasteiger partial charge in [0.25, 0.3) is 0 Å². The van der Waals surface area contributed by atoms with E-state index in [1.165, 1.54) is 20.4 Å². The summed E-state index contributed by atoms with van der Waals surface area (Å²) in [5, 5.41) is 11.9. The Morgan fingerprint density at radius 2 is 1.83 bits per heavy atom. The summed E-state index contributed by atoms with van der Waals surface area (Å²) in [6, 6.07) is 3.04. The second kappa shape index (κ2) is 7.32. The average molecular weight is 354 g/mol. The quantitative estimate of drug-likeness (QED) is 0.885. The maximum absolute atomic E-state index is 14.3. The summed E-state index contributed by atoms with van der Waals surface area (Å²) in [5.74, 6) is -2.08. The highest BCUT2D eigenvalue weighted by molar-refractivity contribution is 6.32. The van der Waals surface area contributed by atoms with E-state index in [1.807, 2.05) is 6.07 Å². The molecule has 5 nitrogen and oxygen atoms in total. The lowest BCUT2D eigenvalue weighted by molar-refractivity contribution is 0.360. The van der Waals surface area contributed by atoms with E-state index < -0.39 is 17.3 Å². The van der Waals surface area contributed by atoms with Crippen molar-refractivity contribution in [3.8, 4) is 17.6 Å². The molecule has 0 radical (unpaired) electrons. The molecule has 1 N–H and O–H groups in total. The maximum atomic E-state index is 14.3. The molecule has 1 aromatic heterocycles. The zero-order valence-electron chi connectivity index (χ0n) is 13.2. The molecule has 0 saturated carbocycles. The molecule has 1 heterocycles. The molecule has 0 aliphatic carbocycles. The van der Waals surface area contributed by atoms with Crippen LogP contribution in [0, 0.1) is 29.9 Å². The number of nitrogens with zero attached hydrogens (tertiary/aromatic N) is 2. The number of hydrogen-bond donors (Lipinski definition) is 1. The molecule has 0 bridgehead atoms. The van der Waals surface area contributed by atoms with Gasteiger partial charge >= 0.3 is 0 Å². The van der Waals surface area contributed by atoms with Gasteiger partial charge in [0.05, 0.1) is 19.2 Å². The second-order valence-electron chi connectivity index (χ2n) is 4.82. The predicted octanol–water partition coefficient (Wildman–Crippen LogP) is 3.82. The number of halogens is 3. The van der Waals surface area contributed by atoms with Crippen molar-refractivity contribution < 1.29 is 18.3 Å². The van der Waals surface area contributed by atoms with Crippen molar-refractivity contribution >= 4 is 17.3 Å². The molecule has 2 rings (SSSR count). The molecule has 126 valence electrons. The number of benzene rings is 1. The molecule has 0 atom stereocenters. The van der Waals surface area contributed by atoms with Gasteiger partial charge in [-0.1, -0.05) is 11.6 Å². The summed E-state index contributed by atoms with van der Waals surface area (Å²) in [6.07, 6.45) is 1.38. The topological polar surface area (TPSA) is 67.2 Å². The van der Waals surface area contributed by atoms with E-state index in [1.54, 1.807) is 6.92 Å². The number of hydrogen-bond acceptors (Lipinski definition) is 5. The zero-order chi connectivity index (χ0) is 17.9.